The number of hydrogen-bond donors (Lipinski definition) is 1. The Morgan fingerprint density at radius 1 is 1.23 bits per heavy atom. The fourth-order valence-electron chi connectivity index (χ4n) is 2.86. The molecule has 0 saturated heterocycles. The van der Waals surface area contributed by atoms with E-state index in [2.05, 4.69) is 20.6 Å². The van der Waals surface area contributed by atoms with Crippen LogP contribution in [0.1, 0.15) is 21.8 Å². The van der Waals surface area contributed by atoms with Gasteiger partial charge in [0.15, 0.2) is 17.2 Å². The predicted molar refractivity (Wildman–Crippen MR) is 99.2 cm³/mol. The predicted octanol–water partition coefficient (Wildman–Crippen LogP) is 3.97. The number of hydrogen-bond acceptors (Lipinski definition) is 6. The van der Waals surface area contributed by atoms with Crippen LogP contribution in [-0.2, 0) is 6.18 Å². The Labute approximate surface area is 167 Å². The van der Waals surface area contributed by atoms with Crippen LogP contribution < -0.4 is 10.1 Å². The normalized spacial score (nSPS) is 11.6. The highest BCUT2D eigenvalue weighted by Crippen LogP contribution is 2.33. The van der Waals surface area contributed by atoms with E-state index < -0.39 is 17.8 Å². The number of aromatic nitrogens is 4. The van der Waals surface area contributed by atoms with Crippen molar-refractivity contribution in [3.8, 4) is 17.0 Å². The van der Waals surface area contributed by atoms with Crippen molar-refractivity contribution >= 4 is 17.4 Å². The highest BCUT2D eigenvalue weighted by molar-refractivity contribution is 6.07. The topological polar surface area (TPSA) is 94.6 Å². The van der Waals surface area contributed by atoms with Crippen LogP contribution in [0.5, 0.6) is 5.75 Å². The van der Waals surface area contributed by atoms with E-state index in [-0.39, 0.29) is 22.7 Å². The van der Waals surface area contributed by atoms with Crippen LogP contribution in [0.4, 0.5) is 19.0 Å². The smallest absolute Gasteiger partial charge is 0.433 e. The number of benzene rings is 1. The molecule has 0 fully saturated rings. The van der Waals surface area contributed by atoms with Crippen LogP contribution in [0.2, 0.25) is 0 Å². The molecule has 11 heteroatoms. The molecule has 1 amide bonds. The number of ether oxygens (including phenoxy) is 1. The summed E-state index contributed by atoms with van der Waals surface area (Å²) in [6.07, 6.45) is -3.70. The molecule has 1 N–H and O–H groups in total. The number of alkyl halides is 3. The van der Waals surface area contributed by atoms with Crippen molar-refractivity contribution < 1.29 is 27.2 Å². The van der Waals surface area contributed by atoms with Crippen molar-refractivity contribution in [3.05, 3.63) is 59.6 Å². The second-order valence-electron chi connectivity index (χ2n) is 6.33. The van der Waals surface area contributed by atoms with Gasteiger partial charge in [-0.1, -0.05) is 17.3 Å². The van der Waals surface area contributed by atoms with Crippen molar-refractivity contribution in [1.82, 2.24) is 19.8 Å². The van der Waals surface area contributed by atoms with Crippen LogP contribution in [0.3, 0.4) is 0 Å². The fourth-order valence-corrected chi connectivity index (χ4v) is 2.86. The molecule has 0 aliphatic carbocycles. The molecule has 0 aliphatic rings. The second-order valence-corrected chi connectivity index (χ2v) is 6.33. The largest absolute Gasteiger partial charge is 0.497 e. The third-order valence-corrected chi connectivity index (χ3v) is 4.24. The number of nitrogens with one attached hydrogen (secondary N) is 1. The lowest BCUT2D eigenvalue weighted by Crippen LogP contribution is -2.16. The average molecular weight is 417 g/mol. The first kappa shape index (κ1) is 19.4. The van der Waals surface area contributed by atoms with Gasteiger partial charge in [-0.25, -0.2) is 9.50 Å². The first-order valence-electron chi connectivity index (χ1n) is 8.61. The summed E-state index contributed by atoms with van der Waals surface area (Å²) in [7, 11) is 1.45. The summed E-state index contributed by atoms with van der Waals surface area (Å²) in [5.41, 5.74) is -1.06. The lowest BCUT2D eigenvalue weighted by Gasteiger charge is -2.12. The molecule has 0 saturated carbocycles. The SMILES string of the molecule is COc1cccc(-c2cc(C(F)(F)F)n3ncc(C(=O)Nc4cc(C)on4)c3n2)c1. The van der Waals surface area contributed by atoms with Gasteiger partial charge in [-0.15, -0.1) is 0 Å². The van der Waals surface area contributed by atoms with Crippen LogP contribution in [0.25, 0.3) is 16.9 Å². The van der Waals surface area contributed by atoms with Crippen LogP contribution in [0, 0.1) is 6.92 Å². The van der Waals surface area contributed by atoms with Gasteiger partial charge in [-0.2, -0.15) is 18.3 Å². The summed E-state index contributed by atoms with van der Waals surface area (Å²) >= 11 is 0. The van der Waals surface area contributed by atoms with Crippen molar-refractivity contribution in [3.63, 3.8) is 0 Å². The molecule has 0 bridgehead atoms. The number of carbonyl (C=O) groups is 1. The number of rotatable bonds is 4. The zero-order valence-corrected chi connectivity index (χ0v) is 15.7. The van der Waals surface area contributed by atoms with E-state index in [4.69, 9.17) is 9.26 Å². The Hall–Kier alpha value is -3.89. The van der Waals surface area contributed by atoms with Crippen LogP contribution in [0.15, 0.2) is 47.1 Å². The average Bonchev–Trinajstić information content (AvgIpc) is 3.32. The maximum absolute atomic E-state index is 13.7. The summed E-state index contributed by atoms with van der Waals surface area (Å²) in [6, 6.07) is 8.77. The molecule has 1 aromatic carbocycles. The molecule has 30 heavy (non-hydrogen) atoms. The maximum atomic E-state index is 13.7. The molecular formula is C19H14F3N5O3. The molecule has 0 unspecified atom stereocenters. The third-order valence-electron chi connectivity index (χ3n) is 4.24. The quantitative estimate of drug-likeness (QED) is 0.540. The van der Waals surface area contributed by atoms with Gasteiger partial charge in [0.2, 0.25) is 0 Å². The number of carbonyl (C=O) groups excluding carboxylic acids is 1. The molecule has 0 aliphatic heterocycles. The summed E-state index contributed by atoms with van der Waals surface area (Å²) in [5.74, 6) is 0.317. The molecule has 4 aromatic rings. The van der Waals surface area contributed by atoms with Crippen molar-refractivity contribution in [1.29, 1.82) is 0 Å². The van der Waals surface area contributed by atoms with Gasteiger partial charge < -0.3 is 14.6 Å². The standard InChI is InChI=1S/C19H14F3N5O3/c1-10-6-16(26-30-10)25-18(28)13-9-23-27-15(19(20,21)22)8-14(24-17(13)27)11-4-3-5-12(7-11)29-2/h3-9H,1-2H3,(H,25,26,28). The number of nitrogens with zero attached hydrogens (tertiary/aromatic N) is 4. The van der Waals surface area contributed by atoms with Gasteiger partial charge in [0, 0.05) is 11.6 Å². The third kappa shape index (κ3) is 3.56. The Bertz CT molecular complexity index is 1250. The molecule has 0 spiro atoms. The molecule has 3 heterocycles. The van der Waals surface area contributed by atoms with Gasteiger partial charge >= 0.3 is 6.18 Å². The van der Waals surface area contributed by atoms with Crippen molar-refractivity contribution in [2.75, 3.05) is 12.4 Å². The van der Waals surface area contributed by atoms with Gasteiger partial charge in [-0.05, 0) is 25.1 Å². The van der Waals surface area contributed by atoms with Crippen LogP contribution in [-0.4, -0.2) is 32.8 Å². The van der Waals surface area contributed by atoms with E-state index in [0.717, 1.165) is 12.3 Å². The van der Waals surface area contributed by atoms with Gasteiger partial charge in [0.05, 0.1) is 19.0 Å². The zero-order valence-electron chi connectivity index (χ0n) is 15.7. The van der Waals surface area contributed by atoms with Crippen LogP contribution >= 0.6 is 0 Å². The minimum Gasteiger partial charge on any atom is -0.497 e. The number of halogens is 3. The van der Waals surface area contributed by atoms with E-state index in [0.29, 0.717) is 21.6 Å². The lowest BCUT2D eigenvalue weighted by atomic mass is 10.1. The van der Waals surface area contributed by atoms with Crippen molar-refractivity contribution in [2.45, 2.75) is 13.1 Å². The molecule has 4 rings (SSSR count). The zero-order chi connectivity index (χ0) is 21.5. The second kappa shape index (κ2) is 7.17. The number of amides is 1. The highest BCUT2D eigenvalue weighted by atomic mass is 19.4. The number of anilines is 1. The van der Waals surface area contributed by atoms with E-state index in [9.17, 15) is 18.0 Å². The van der Waals surface area contributed by atoms with E-state index in [1.165, 1.54) is 13.2 Å². The van der Waals surface area contributed by atoms with E-state index >= 15 is 0 Å². The van der Waals surface area contributed by atoms with Gasteiger partial charge in [0.25, 0.3) is 5.91 Å². The molecular weight excluding hydrogens is 403 g/mol. The number of methoxy groups -OCH3 is 1. The fraction of sp³-hybridized carbons (Fsp3) is 0.158. The Balaban J connectivity index is 1.86. The Morgan fingerprint density at radius 2 is 2.03 bits per heavy atom. The van der Waals surface area contributed by atoms with Gasteiger partial charge in [-0.3, -0.25) is 4.79 Å². The number of aryl methyl sites for hydroxylation is 1. The molecule has 154 valence electrons. The molecule has 0 atom stereocenters. The summed E-state index contributed by atoms with van der Waals surface area (Å²) in [5, 5.41) is 9.82. The molecule has 8 nitrogen and oxygen atoms in total. The molecule has 0 radical (unpaired) electrons. The molecule has 3 aromatic heterocycles. The number of fused-ring (bicyclic) bond motifs is 1. The first-order chi connectivity index (χ1) is 14.3. The highest BCUT2D eigenvalue weighted by Gasteiger charge is 2.36. The maximum Gasteiger partial charge on any atom is 0.433 e. The minimum atomic E-state index is -4.72. The first-order valence-corrected chi connectivity index (χ1v) is 8.61. The summed E-state index contributed by atoms with van der Waals surface area (Å²) < 4.78 is 51.6. The minimum absolute atomic E-state index is 0.0144. The Kier molecular flexibility index (Phi) is 4.65. The summed E-state index contributed by atoms with van der Waals surface area (Å²) in [4.78, 5) is 16.9. The summed E-state index contributed by atoms with van der Waals surface area (Å²) in [6.45, 7) is 1.63. The lowest BCUT2D eigenvalue weighted by molar-refractivity contribution is -0.142. The van der Waals surface area contributed by atoms with Gasteiger partial charge in [0.1, 0.15) is 17.1 Å². The van der Waals surface area contributed by atoms with Crippen molar-refractivity contribution in [2.24, 2.45) is 0 Å². The Morgan fingerprint density at radius 3 is 2.70 bits per heavy atom. The monoisotopic (exact) mass is 417 g/mol. The van der Waals surface area contributed by atoms with E-state index in [1.807, 2.05) is 0 Å². The van der Waals surface area contributed by atoms with E-state index in [1.54, 1.807) is 31.2 Å².